The van der Waals surface area contributed by atoms with E-state index in [9.17, 15) is 0 Å². The Morgan fingerprint density at radius 1 is 0.875 bits per heavy atom. The summed E-state index contributed by atoms with van der Waals surface area (Å²) in [6, 6.07) is 0. The lowest BCUT2D eigenvalue weighted by atomic mass is 10.2. The van der Waals surface area contributed by atoms with Crippen LogP contribution in [0.5, 0.6) is 0 Å². The number of rotatable bonds is 4. The summed E-state index contributed by atoms with van der Waals surface area (Å²) >= 11 is 0. The molecule has 0 rings (SSSR count). The van der Waals surface area contributed by atoms with Crippen molar-refractivity contribution in [3.63, 3.8) is 0 Å². The zero-order chi connectivity index (χ0) is 14.0. The molecule has 0 amide bonds. The molecule has 0 aliphatic carbocycles. The number of hydrogen-bond donors (Lipinski definition) is 0. The summed E-state index contributed by atoms with van der Waals surface area (Å²) in [6.07, 6.45) is 6.59. The van der Waals surface area contributed by atoms with Gasteiger partial charge in [-0.1, -0.05) is 92.0 Å². The van der Waals surface area contributed by atoms with E-state index >= 15 is 0 Å². The van der Waals surface area contributed by atoms with Crippen LogP contribution in [-0.2, 0) is 0 Å². The predicted molar refractivity (Wildman–Crippen MR) is 82.0 cm³/mol. The third-order valence-electron chi connectivity index (χ3n) is 1.25. The van der Waals surface area contributed by atoms with Gasteiger partial charge in [0, 0.05) is 0 Å². The summed E-state index contributed by atoms with van der Waals surface area (Å²) in [5.74, 6) is 0. The topological polar surface area (TPSA) is 0 Å². The molecule has 0 radical (unpaired) electrons. The average molecular weight is 224 g/mol. The van der Waals surface area contributed by atoms with E-state index in [-0.39, 0.29) is 0 Å². The van der Waals surface area contributed by atoms with Gasteiger partial charge in [0.05, 0.1) is 0 Å². The predicted octanol–water partition coefficient (Wildman–Crippen LogP) is 6.33. The molecule has 16 heavy (non-hydrogen) atoms. The third-order valence-corrected chi connectivity index (χ3v) is 1.25. The minimum Gasteiger partial charge on any atom is -0.0985 e. The molecule has 0 N–H and O–H groups in total. The Labute approximate surface area is 104 Å². The highest BCUT2D eigenvalue weighted by molar-refractivity contribution is 5.30. The molecule has 0 aromatic carbocycles. The summed E-state index contributed by atoms with van der Waals surface area (Å²) in [4.78, 5) is 0. The molecule has 0 heteroatoms. The van der Waals surface area contributed by atoms with Crippen molar-refractivity contribution in [2.45, 2.75) is 54.9 Å². The van der Waals surface area contributed by atoms with Gasteiger partial charge in [-0.3, -0.25) is 0 Å². The van der Waals surface area contributed by atoms with Crippen molar-refractivity contribution in [1.29, 1.82) is 0 Å². The quantitative estimate of drug-likeness (QED) is 0.489. The molecule has 0 unspecified atom stereocenters. The standard InChI is InChI=1S/C10H14.3C2H6/c1-5-9(3)7-8-10(4)6-2;3*1-2/h5,7-8H,1,3-4,6H2,2H3;3*1-2H3/b8-7-;;;. The molecule has 0 nitrogen and oxygen atoms in total. The maximum atomic E-state index is 3.82. The molecule has 0 aliphatic heterocycles. The van der Waals surface area contributed by atoms with Gasteiger partial charge in [-0.05, 0) is 12.0 Å². The summed E-state index contributed by atoms with van der Waals surface area (Å²) in [5, 5.41) is 0. The highest BCUT2D eigenvalue weighted by Crippen LogP contribution is 2.01. The largest absolute Gasteiger partial charge is 0.0985 e. The summed E-state index contributed by atoms with van der Waals surface area (Å²) in [6.45, 7) is 25.2. The van der Waals surface area contributed by atoms with Crippen LogP contribution in [-0.4, -0.2) is 0 Å². The molecule has 0 saturated heterocycles. The monoisotopic (exact) mass is 224 g/mol. The van der Waals surface area contributed by atoms with Crippen LogP contribution in [0.3, 0.4) is 0 Å². The Bertz CT molecular complexity index is 170. The number of hydrogen-bond acceptors (Lipinski definition) is 0. The van der Waals surface area contributed by atoms with Crippen LogP contribution >= 0.6 is 0 Å². The zero-order valence-corrected chi connectivity index (χ0v) is 12.6. The van der Waals surface area contributed by atoms with Crippen molar-refractivity contribution in [2.24, 2.45) is 0 Å². The van der Waals surface area contributed by atoms with Crippen molar-refractivity contribution >= 4 is 0 Å². The fourth-order valence-corrected chi connectivity index (χ4v) is 0.411. The van der Waals surface area contributed by atoms with Gasteiger partial charge in [0.25, 0.3) is 0 Å². The molecular formula is C16H32. The lowest BCUT2D eigenvalue weighted by Gasteiger charge is -1.90. The summed E-state index contributed by atoms with van der Waals surface area (Å²) in [5.41, 5.74) is 2.04. The van der Waals surface area contributed by atoms with Crippen LogP contribution in [0.2, 0.25) is 0 Å². The zero-order valence-electron chi connectivity index (χ0n) is 12.6. The highest BCUT2D eigenvalue weighted by Gasteiger charge is 1.80. The van der Waals surface area contributed by atoms with Gasteiger partial charge >= 0.3 is 0 Å². The van der Waals surface area contributed by atoms with Crippen LogP contribution < -0.4 is 0 Å². The van der Waals surface area contributed by atoms with E-state index in [1.807, 2.05) is 53.7 Å². The fourth-order valence-electron chi connectivity index (χ4n) is 0.411. The van der Waals surface area contributed by atoms with Crippen LogP contribution in [0, 0.1) is 0 Å². The molecule has 0 spiro atoms. The lowest BCUT2D eigenvalue weighted by molar-refractivity contribution is 1.16. The molecule has 0 aliphatic rings. The Kier molecular flexibility index (Phi) is 44.3. The fraction of sp³-hybridized carbons (Fsp3) is 0.500. The van der Waals surface area contributed by atoms with Crippen molar-refractivity contribution in [3.05, 3.63) is 49.1 Å². The first kappa shape index (κ1) is 24.3. The minimum atomic E-state index is 0.926. The molecule has 0 fully saturated rings. The number of allylic oxidation sites excluding steroid dienone is 5. The van der Waals surface area contributed by atoms with E-state index in [1.165, 1.54) is 0 Å². The Morgan fingerprint density at radius 2 is 1.25 bits per heavy atom. The second-order valence-electron chi connectivity index (χ2n) is 2.12. The Morgan fingerprint density at radius 3 is 1.50 bits per heavy atom. The van der Waals surface area contributed by atoms with Gasteiger partial charge in [0.1, 0.15) is 0 Å². The molecule has 0 heterocycles. The molecule has 96 valence electrons. The summed E-state index contributed by atoms with van der Waals surface area (Å²) < 4.78 is 0. The van der Waals surface area contributed by atoms with Gasteiger partial charge in [-0.15, -0.1) is 0 Å². The Balaban J connectivity index is -0.000000103. The molecular weight excluding hydrogens is 192 g/mol. The molecule has 0 bridgehead atoms. The van der Waals surface area contributed by atoms with Crippen LogP contribution in [0.1, 0.15) is 54.9 Å². The smallest absolute Gasteiger partial charge is 0.0313 e. The van der Waals surface area contributed by atoms with Gasteiger partial charge in [-0.2, -0.15) is 0 Å². The van der Waals surface area contributed by atoms with Crippen molar-refractivity contribution in [3.8, 4) is 0 Å². The van der Waals surface area contributed by atoms with E-state index in [4.69, 9.17) is 0 Å². The molecule has 0 saturated carbocycles. The third kappa shape index (κ3) is 29.3. The maximum Gasteiger partial charge on any atom is -0.0313 e. The van der Waals surface area contributed by atoms with Gasteiger partial charge in [-0.25, -0.2) is 0 Å². The van der Waals surface area contributed by atoms with Crippen molar-refractivity contribution in [2.75, 3.05) is 0 Å². The van der Waals surface area contributed by atoms with Gasteiger partial charge in [0.15, 0.2) is 0 Å². The Hall–Kier alpha value is -1.04. The lowest BCUT2D eigenvalue weighted by Crippen LogP contribution is -1.70. The van der Waals surface area contributed by atoms with Crippen molar-refractivity contribution in [1.82, 2.24) is 0 Å². The average Bonchev–Trinajstić information content (AvgIpc) is 2.42. The van der Waals surface area contributed by atoms with Crippen molar-refractivity contribution < 1.29 is 0 Å². The SMILES string of the molecule is C=CC(=C)/C=C\C(=C)CC.CC.CC.CC. The van der Waals surface area contributed by atoms with E-state index < -0.39 is 0 Å². The second kappa shape index (κ2) is 29.2. The maximum absolute atomic E-state index is 3.82. The summed E-state index contributed by atoms with van der Waals surface area (Å²) in [7, 11) is 0. The first-order chi connectivity index (χ1) is 7.70. The molecule has 0 atom stereocenters. The van der Waals surface area contributed by atoms with Crippen LogP contribution in [0.15, 0.2) is 49.1 Å². The van der Waals surface area contributed by atoms with Gasteiger partial charge in [0.2, 0.25) is 0 Å². The normalized spacial score (nSPS) is 7.19. The van der Waals surface area contributed by atoms with E-state index in [2.05, 4.69) is 26.7 Å². The molecule has 0 aromatic heterocycles. The van der Waals surface area contributed by atoms with Gasteiger partial charge < -0.3 is 0 Å². The second-order valence-corrected chi connectivity index (χ2v) is 2.12. The van der Waals surface area contributed by atoms with E-state index in [0.717, 1.165) is 17.6 Å². The first-order valence-corrected chi connectivity index (χ1v) is 6.38. The first-order valence-electron chi connectivity index (χ1n) is 6.38. The molecule has 0 aromatic rings. The minimum absolute atomic E-state index is 0.926. The van der Waals surface area contributed by atoms with E-state index in [1.54, 1.807) is 6.08 Å². The highest BCUT2D eigenvalue weighted by atomic mass is 13.9. The van der Waals surface area contributed by atoms with Crippen LogP contribution in [0.25, 0.3) is 0 Å². The van der Waals surface area contributed by atoms with E-state index in [0.29, 0.717) is 0 Å². The van der Waals surface area contributed by atoms with Crippen LogP contribution in [0.4, 0.5) is 0 Å².